The molecule has 1 aliphatic heterocycles. The van der Waals surface area contributed by atoms with Crippen molar-refractivity contribution in [2.24, 2.45) is 0 Å². The molecule has 1 aliphatic rings. The van der Waals surface area contributed by atoms with E-state index in [2.05, 4.69) is 36.3 Å². The summed E-state index contributed by atoms with van der Waals surface area (Å²) < 4.78 is 10.8. The van der Waals surface area contributed by atoms with E-state index in [-0.39, 0.29) is 5.54 Å². The summed E-state index contributed by atoms with van der Waals surface area (Å²) in [6, 6.07) is 5.93. The third kappa shape index (κ3) is 2.63. The van der Waals surface area contributed by atoms with Crippen molar-refractivity contribution >= 4 is 0 Å². The van der Waals surface area contributed by atoms with Crippen LogP contribution < -0.4 is 14.8 Å². The maximum atomic E-state index is 5.42. The van der Waals surface area contributed by atoms with Gasteiger partial charge in [-0.15, -0.1) is 0 Å². The molecule has 2 aromatic rings. The monoisotopic (exact) mass is 273 g/mol. The van der Waals surface area contributed by atoms with Crippen molar-refractivity contribution in [3.63, 3.8) is 0 Å². The molecule has 0 bridgehead atoms. The smallest absolute Gasteiger partial charge is 0.231 e. The minimum absolute atomic E-state index is 0.0728. The molecular formula is C15H19N3O2. The fourth-order valence-corrected chi connectivity index (χ4v) is 2.11. The Balaban J connectivity index is 1.86. The topological polar surface area (TPSA) is 59.2 Å². The molecule has 2 heterocycles. The molecule has 0 radical (unpaired) electrons. The number of benzene rings is 1. The van der Waals surface area contributed by atoms with Gasteiger partial charge in [-0.25, -0.2) is 0 Å². The number of fused-ring (bicyclic) bond motifs is 1. The number of nitrogens with one attached hydrogen (secondary N) is 2. The highest BCUT2D eigenvalue weighted by molar-refractivity contribution is 5.66. The fourth-order valence-electron chi connectivity index (χ4n) is 2.11. The van der Waals surface area contributed by atoms with E-state index in [4.69, 9.17) is 9.47 Å². The Morgan fingerprint density at radius 1 is 1.25 bits per heavy atom. The number of aromatic amines is 1. The average Bonchev–Trinajstić information content (AvgIpc) is 3.03. The number of rotatable bonds is 3. The highest BCUT2D eigenvalue weighted by Gasteiger charge is 2.17. The minimum atomic E-state index is 0.0728. The second kappa shape index (κ2) is 4.83. The van der Waals surface area contributed by atoms with Gasteiger partial charge in [-0.05, 0) is 39.0 Å². The molecule has 0 aliphatic carbocycles. The van der Waals surface area contributed by atoms with Crippen LogP contribution in [0.25, 0.3) is 11.3 Å². The van der Waals surface area contributed by atoms with Crippen LogP contribution in [0.4, 0.5) is 0 Å². The van der Waals surface area contributed by atoms with Gasteiger partial charge in [0.05, 0.1) is 11.9 Å². The SMILES string of the molecule is CC(C)(C)NCc1cn[nH]c1-c1ccc2c(c1)OCO2. The molecule has 1 aromatic carbocycles. The number of hydrogen-bond donors (Lipinski definition) is 2. The number of H-pyrrole nitrogens is 1. The maximum Gasteiger partial charge on any atom is 0.231 e. The van der Waals surface area contributed by atoms with E-state index in [1.54, 1.807) is 0 Å². The van der Waals surface area contributed by atoms with Gasteiger partial charge in [-0.3, -0.25) is 5.10 Å². The zero-order valence-corrected chi connectivity index (χ0v) is 12.0. The van der Waals surface area contributed by atoms with E-state index >= 15 is 0 Å². The van der Waals surface area contributed by atoms with Gasteiger partial charge in [-0.2, -0.15) is 5.10 Å². The van der Waals surface area contributed by atoms with Gasteiger partial charge in [0, 0.05) is 23.2 Å². The van der Waals surface area contributed by atoms with Crippen molar-refractivity contribution in [3.05, 3.63) is 30.0 Å². The summed E-state index contributed by atoms with van der Waals surface area (Å²) in [6.07, 6.45) is 1.86. The van der Waals surface area contributed by atoms with E-state index in [9.17, 15) is 0 Å². The first-order valence-electron chi connectivity index (χ1n) is 6.70. The first-order valence-corrected chi connectivity index (χ1v) is 6.70. The average molecular weight is 273 g/mol. The fraction of sp³-hybridized carbons (Fsp3) is 0.400. The van der Waals surface area contributed by atoms with Crippen molar-refractivity contribution in [1.29, 1.82) is 0 Å². The van der Waals surface area contributed by atoms with E-state index in [0.717, 1.165) is 34.9 Å². The molecule has 0 spiro atoms. The second-order valence-corrected chi connectivity index (χ2v) is 5.94. The Labute approximate surface area is 118 Å². The summed E-state index contributed by atoms with van der Waals surface area (Å²) in [5, 5.41) is 10.7. The zero-order valence-electron chi connectivity index (χ0n) is 12.0. The molecule has 0 saturated heterocycles. The normalized spacial score (nSPS) is 13.8. The van der Waals surface area contributed by atoms with Gasteiger partial charge in [0.15, 0.2) is 11.5 Å². The molecule has 5 heteroatoms. The number of hydrogen-bond acceptors (Lipinski definition) is 4. The summed E-state index contributed by atoms with van der Waals surface area (Å²) in [5.41, 5.74) is 3.28. The Hall–Kier alpha value is -2.01. The van der Waals surface area contributed by atoms with Gasteiger partial charge in [0.1, 0.15) is 0 Å². The van der Waals surface area contributed by atoms with Crippen LogP contribution in [0, 0.1) is 0 Å². The lowest BCUT2D eigenvalue weighted by molar-refractivity contribution is 0.174. The molecule has 2 N–H and O–H groups in total. The zero-order chi connectivity index (χ0) is 14.2. The summed E-state index contributed by atoms with van der Waals surface area (Å²) in [4.78, 5) is 0. The summed E-state index contributed by atoms with van der Waals surface area (Å²) in [5.74, 6) is 1.58. The predicted molar refractivity (Wildman–Crippen MR) is 76.7 cm³/mol. The van der Waals surface area contributed by atoms with Crippen molar-refractivity contribution in [2.75, 3.05) is 6.79 Å². The lowest BCUT2D eigenvalue weighted by Gasteiger charge is -2.20. The molecule has 0 amide bonds. The predicted octanol–water partition coefficient (Wildman–Crippen LogP) is 2.69. The van der Waals surface area contributed by atoms with Crippen molar-refractivity contribution in [1.82, 2.24) is 15.5 Å². The molecule has 0 atom stereocenters. The molecule has 106 valence electrons. The highest BCUT2D eigenvalue weighted by atomic mass is 16.7. The van der Waals surface area contributed by atoms with Crippen molar-refractivity contribution in [3.8, 4) is 22.8 Å². The van der Waals surface area contributed by atoms with E-state index in [1.807, 2.05) is 24.4 Å². The number of nitrogens with zero attached hydrogens (tertiary/aromatic N) is 1. The van der Waals surface area contributed by atoms with Gasteiger partial charge in [-0.1, -0.05) is 0 Å². The molecule has 3 rings (SSSR count). The van der Waals surface area contributed by atoms with Crippen LogP contribution in [0.15, 0.2) is 24.4 Å². The first-order chi connectivity index (χ1) is 9.53. The van der Waals surface area contributed by atoms with Crippen LogP contribution in [0.2, 0.25) is 0 Å². The molecule has 0 saturated carbocycles. The van der Waals surface area contributed by atoms with Crippen LogP contribution in [0.1, 0.15) is 26.3 Å². The van der Waals surface area contributed by atoms with Gasteiger partial charge < -0.3 is 14.8 Å². The molecule has 20 heavy (non-hydrogen) atoms. The van der Waals surface area contributed by atoms with E-state index < -0.39 is 0 Å². The number of aromatic nitrogens is 2. The van der Waals surface area contributed by atoms with Crippen LogP contribution in [-0.2, 0) is 6.54 Å². The van der Waals surface area contributed by atoms with Crippen LogP contribution in [-0.4, -0.2) is 22.5 Å². The third-order valence-electron chi connectivity index (χ3n) is 3.19. The maximum absolute atomic E-state index is 5.42. The second-order valence-electron chi connectivity index (χ2n) is 5.94. The molecule has 5 nitrogen and oxygen atoms in total. The third-order valence-corrected chi connectivity index (χ3v) is 3.19. The van der Waals surface area contributed by atoms with Gasteiger partial charge >= 0.3 is 0 Å². The van der Waals surface area contributed by atoms with Gasteiger partial charge in [0.25, 0.3) is 0 Å². The van der Waals surface area contributed by atoms with Crippen LogP contribution in [0.3, 0.4) is 0 Å². The minimum Gasteiger partial charge on any atom is -0.454 e. The summed E-state index contributed by atoms with van der Waals surface area (Å²) >= 11 is 0. The molecule has 0 fully saturated rings. The quantitative estimate of drug-likeness (QED) is 0.902. The lowest BCUT2D eigenvalue weighted by atomic mass is 10.1. The summed E-state index contributed by atoms with van der Waals surface area (Å²) in [7, 11) is 0. The Bertz CT molecular complexity index is 614. The summed E-state index contributed by atoms with van der Waals surface area (Å²) in [6.45, 7) is 7.50. The highest BCUT2D eigenvalue weighted by Crippen LogP contribution is 2.36. The Morgan fingerprint density at radius 2 is 2.05 bits per heavy atom. The number of ether oxygens (including phenoxy) is 2. The van der Waals surface area contributed by atoms with Crippen LogP contribution >= 0.6 is 0 Å². The molecular weight excluding hydrogens is 254 g/mol. The standard InChI is InChI=1S/C15H19N3O2/c1-15(2,3)16-7-11-8-17-18-14(11)10-4-5-12-13(6-10)20-9-19-12/h4-6,8,16H,7,9H2,1-3H3,(H,17,18). The van der Waals surface area contributed by atoms with E-state index in [0.29, 0.717) is 6.79 Å². The van der Waals surface area contributed by atoms with Crippen molar-refractivity contribution < 1.29 is 9.47 Å². The van der Waals surface area contributed by atoms with Crippen LogP contribution in [0.5, 0.6) is 11.5 Å². The van der Waals surface area contributed by atoms with Gasteiger partial charge in [0.2, 0.25) is 6.79 Å². The Kier molecular flexibility index (Phi) is 3.14. The first kappa shape index (κ1) is 13.0. The largest absolute Gasteiger partial charge is 0.454 e. The van der Waals surface area contributed by atoms with E-state index in [1.165, 1.54) is 0 Å². The Morgan fingerprint density at radius 3 is 2.85 bits per heavy atom. The molecule has 1 aromatic heterocycles. The molecule has 0 unspecified atom stereocenters. The van der Waals surface area contributed by atoms with Crippen molar-refractivity contribution in [2.45, 2.75) is 32.9 Å². The lowest BCUT2D eigenvalue weighted by Crippen LogP contribution is -2.35.